The zero-order valence-electron chi connectivity index (χ0n) is 10.0. The molecule has 1 N–H and O–H groups in total. The lowest BCUT2D eigenvalue weighted by Crippen LogP contribution is -2.47. The minimum absolute atomic E-state index is 0.0795. The van der Waals surface area contributed by atoms with E-state index in [9.17, 15) is 4.79 Å². The Bertz CT molecular complexity index is 190. The lowest BCUT2D eigenvalue weighted by Gasteiger charge is -2.40. The largest absolute Gasteiger partial charge is 0.481 e. The fourth-order valence-corrected chi connectivity index (χ4v) is 1.50. The summed E-state index contributed by atoms with van der Waals surface area (Å²) in [6, 6.07) is 0.141. The van der Waals surface area contributed by atoms with Crippen LogP contribution in [0.25, 0.3) is 0 Å². The van der Waals surface area contributed by atoms with Crippen LogP contribution in [0.5, 0.6) is 0 Å². The standard InChI is InChI=1S/C11H23NO2/c1-6-9(8-10(13)14)12(5)11(3,4)7-2/h9H,6-8H2,1-5H3,(H,13,14). The van der Waals surface area contributed by atoms with Crippen molar-refractivity contribution in [3.63, 3.8) is 0 Å². The van der Waals surface area contributed by atoms with Gasteiger partial charge in [0, 0.05) is 11.6 Å². The van der Waals surface area contributed by atoms with Gasteiger partial charge < -0.3 is 5.11 Å². The number of aliphatic carboxylic acids is 1. The summed E-state index contributed by atoms with van der Waals surface area (Å²) >= 11 is 0. The van der Waals surface area contributed by atoms with Crippen LogP contribution in [-0.2, 0) is 4.79 Å². The Balaban J connectivity index is 4.44. The van der Waals surface area contributed by atoms with Crippen LogP contribution in [-0.4, -0.2) is 34.6 Å². The highest BCUT2D eigenvalue weighted by molar-refractivity contribution is 5.67. The average Bonchev–Trinajstić information content (AvgIpc) is 2.12. The number of rotatable bonds is 6. The number of hydrogen-bond donors (Lipinski definition) is 1. The molecule has 3 nitrogen and oxygen atoms in total. The number of hydrogen-bond acceptors (Lipinski definition) is 2. The normalized spacial score (nSPS) is 14.4. The average molecular weight is 201 g/mol. The molecule has 0 heterocycles. The Kier molecular flexibility index (Phi) is 5.13. The van der Waals surface area contributed by atoms with Gasteiger partial charge in [0.25, 0.3) is 0 Å². The molecule has 1 atom stereocenters. The molecule has 0 aromatic rings. The molecule has 0 aromatic heterocycles. The summed E-state index contributed by atoms with van der Waals surface area (Å²) in [6.07, 6.45) is 2.14. The van der Waals surface area contributed by atoms with Gasteiger partial charge in [-0.1, -0.05) is 13.8 Å². The Morgan fingerprint density at radius 3 is 2.21 bits per heavy atom. The van der Waals surface area contributed by atoms with Crippen LogP contribution in [0.1, 0.15) is 47.0 Å². The molecule has 0 bridgehead atoms. The molecular formula is C11H23NO2. The van der Waals surface area contributed by atoms with Crippen LogP contribution in [0, 0.1) is 0 Å². The number of carboxylic acids is 1. The van der Waals surface area contributed by atoms with Crippen molar-refractivity contribution in [1.29, 1.82) is 0 Å². The highest BCUT2D eigenvalue weighted by Gasteiger charge is 2.27. The van der Waals surface area contributed by atoms with Crippen molar-refractivity contribution in [2.45, 2.75) is 58.5 Å². The molecular weight excluding hydrogens is 178 g/mol. The lowest BCUT2D eigenvalue weighted by molar-refractivity contribution is -0.138. The fourth-order valence-electron chi connectivity index (χ4n) is 1.50. The predicted molar refractivity (Wildman–Crippen MR) is 58.5 cm³/mol. The zero-order valence-corrected chi connectivity index (χ0v) is 10.0. The molecule has 3 heteroatoms. The summed E-state index contributed by atoms with van der Waals surface area (Å²) in [5, 5.41) is 8.78. The van der Waals surface area contributed by atoms with Crippen molar-refractivity contribution in [1.82, 2.24) is 4.90 Å². The van der Waals surface area contributed by atoms with Crippen molar-refractivity contribution in [2.24, 2.45) is 0 Å². The van der Waals surface area contributed by atoms with E-state index in [1.807, 2.05) is 14.0 Å². The van der Waals surface area contributed by atoms with Crippen LogP contribution >= 0.6 is 0 Å². The smallest absolute Gasteiger partial charge is 0.304 e. The molecule has 0 amide bonds. The van der Waals surface area contributed by atoms with Gasteiger partial charge in [-0.25, -0.2) is 0 Å². The van der Waals surface area contributed by atoms with E-state index in [4.69, 9.17) is 5.11 Å². The number of carbonyl (C=O) groups is 1. The molecule has 1 unspecified atom stereocenters. The molecule has 84 valence electrons. The van der Waals surface area contributed by atoms with E-state index in [1.165, 1.54) is 0 Å². The van der Waals surface area contributed by atoms with E-state index in [-0.39, 0.29) is 18.0 Å². The summed E-state index contributed by atoms with van der Waals surface area (Å²) in [6.45, 7) is 8.47. The SMILES string of the molecule is CCC(CC(=O)O)N(C)C(C)(C)CC. The highest BCUT2D eigenvalue weighted by atomic mass is 16.4. The van der Waals surface area contributed by atoms with Gasteiger partial charge >= 0.3 is 5.97 Å². The van der Waals surface area contributed by atoms with Crippen molar-refractivity contribution in [3.05, 3.63) is 0 Å². The Morgan fingerprint density at radius 2 is 1.93 bits per heavy atom. The van der Waals surface area contributed by atoms with Crippen molar-refractivity contribution in [3.8, 4) is 0 Å². The zero-order chi connectivity index (χ0) is 11.4. The quantitative estimate of drug-likeness (QED) is 0.717. The Morgan fingerprint density at radius 1 is 1.43 bits per heavy atom. The van der Waals surface area contributed by atoms with Crippen LogP contribution in [0.2, 0.25) is 0 Å². The van der Waals surface area contributed by atoms with Gasteiger partial charge in [-0.3, -0.25) is 9.69 Å². The predicted octanol–water partition coefficient (Wildman–Crippen LogP) is 2.36. The maximum atomic E-state index is 10.7. The monoisotopic (exact) mass is 201 g/mol. The third-order valence-electron chi connectivity index (χ3n) is 3.25. The van der Waals surface area contributed by atoms with Gasteiger partial charge in [0.15, 0.2) is 0 Å². The summed E-state index contributed by atoms with van der Waals surface area (Å²) < 4.78 is 0. The summed E-state index contributed by atoms with van der Waals surface area (Å²) in [4.78, 5) is 12.8. The van der Waals surface area contributed by atoms with Gasteiger partial charge in [-0.15, -0.1) is 0 Å². The first-order valence-corrected chi connectivity index (χ1v) is 5.29. The lowest BCUT2D eigenvalue weighted by atomic mass is 9.96. The number of nitrogens with zero attached hydrogens (tertiary/aromatic N) is 1. The van der Waals surface area contributed by atoms with Crippen molar-refractivity contribution < 1.29 is 9.90 Å². The first-order valence-electron chi connectivity index (χ1n) is 5.29. The van der Waals surface area contributed by atoms with E-state index in [0.29, 0.717) is 0 Å². The van der Waals surface area contributed by atoms with Crippen LogP contribution < -0.4 is 0 Å². The van der Waals surface area contributed by atoms with Crippen molar-refractivity contribution >= 4 is 5.97 Å². The molecule has 0 aliphatic heterocycles. The molecule has 0 aliphatic rings. The molecule has 0 saturated heterocycles. The molecule has 0 fully saturated rings. The Hall–Kier alpha value is -0.570. The maximum Gasteiger partial charge on any atom is 0.304 e. The fraction of sp³-hybridized carbons (Fsp3) is 0.909. The van der Waals surface area contributed by atoms with Gasteiger partial charge in [0.05, 0.1) is 6.42 Å². The van der Waals surface area contributed by atoms with E-state index >= 15 is 0 Å². The van der Waals surface area contributed by atoms with Gasteiger partial charge in [0.1, 0.15) is 0 Å². The van der Waals surface area contributed by atoms with Gasteiger partial charge in [-0.2, -0.15) is 0 Å². The summed E-state index contributed by atoms with van der Waals surface area (Å²) in [5.74, 6) is -0.712. The Labute approximate surface area is 87.1 Å². The first-order chi connectivity index (χ1) is 6.35. The summed E-state index contributed by atoms with van der Waals surface area (Å²) in [5.41, 5.74) is 0.0795. The second-order valence-corrected chi connectivity index (χ2v) is 4.44. The van der Waals surface area contributed by atoms with Gasteiger partial charge in [-0.05, 0) is 33.7 Å². The molecule has 0 radical (unpaired) electrons. The highest BCUT2D eigenvalue weighted by Crippen LogP contribution is 2.22. The molecule has 0 spiro atoms. The maximum absolute atomic E-state index is 10.7. The molecule has 0 rings (SSSR count). The first kappa shape index (κ1) is 13.4. The number of carboxylic acid groups (broad SMARTS) is 1. The summed E-state index contributed by atoms with van der Waals surface area (Å²) in [7, 11) is 2.01. The van der Waals surface area contributed by atoms with E-state index in [1.54, 1.807) is 0 Å². The second kappa shape index (κ2) is 5.35. The van der Waals surface area contributed by atoms with Crippen LogP contribution in [0.4, 0.5) is 0 Å². The van der Waals surface area contributed by atoms with E-state index in [0.717, 1.165) is 12.8 Å². The third kappa shape index (κ3) is 3.66. The minimum Gasteiger partial charge on any atom is -0.481 e. The molecule has 0 aromatic carbocycles. The second-order valence-electron chi connectivity index (χ2n) is 4.44. The molecule has 0 aliphatic carbocycles. The van der Waals surface area contributed by atoms with Gasteiger partial charge in [0.2, 0.25) is 0 Å². The topological polar surface area (TPSA) is 40.5 Å². The van der Waals surface area contributed by atoms with Crippen molar-refractivity contribution in [2.75, 3.05) is 7.05 Å². The van der Waals surface area contributed by atoms with Crippen LogP contribution in [0.15, 0.2) is 0 Å². The van der Waals surface area contributed by atoms with Crippen LogP contribution in [0.3, 0.4) is 0 Å². The molecule has 14 heavy (non-hydrogen) atoms. The minimum atomic E-state index is -0.712. The van der Waals surface area contributed by atoms with E-state index in [2.05, 4.69) is 25.7 Å². The molecule has 0 saturated carbocycles. The third-order valence-corrected chi connectivity index (χ3v) is 3.25. The van der Waals surface area contributed by atoms with E-state index < -0.39 is 5.97 Å².